The number of rotatable bonds is 6. The fraction of sp³-hybridized carbons (Fsp3) is 0.231. The van der Waals surface area contributed by atoms with Gasteiger partial charge in [0.25, 0.3) is 0 Å². The summed E-state index contributed by atoms with van der Waals surface area (Å²) in [5, 5.41) is 0.189. The lowest BCUT2D eigenvalue weighted by molar-refractivity contribution is 0.146. The summed E-state index contributed by atoms with van der Waals surface area (Å²) in [4.78, 5) is 7.67. The van der Waals surface area contributed by atoms with Gasteiger partial charge in [-0.05, 0) is 35.9 Å². The molecule has 0 aliphatic heterocycles. The van der Waals surface area contributed by atoms with E-state index in [0.717, 1.165) is 5.75 Å². The fourth-order valence-electron chi connectivity index (χ4n) is 1.34. The quantitative estimate of drug-likeness (QED) is 0.601. The van der Waals surface area contributed by atoms with E-state index in [1.165, 1.54) is 12.4 Å². The van der Waals surface area contributed by atoms with Gasteiger partial charge in [-0.3, -0.25) is 0 Å². The highest BCUT2D eigenvalue weighted by atomic mass is 35.5. The number of nitrogens with zero attached hydrogens (tertiary/aromatic N) is 2. The van der Waals surface area contributed by atoms with E-state index in [9.17, 15) is 0 Å². The van der Waals surface area contributed by atoms with E-state index in [1.807, 2.05) is 12.1 Å². The van der Waals surface area contributed by atoms with E-state index in [4.69, 9.17) is 25.8 Å². The van der Waals surface area contributed by atoms with E-state index in [-0.39, 0.29) is 5.28 Å². The summed E-state index contributed by atoms with van der Waals surface area (Å²) in [6, 6.07) is 7.25. The van der Waals surface area contributed by atoms with Gasteiger partial charge in [-0.25, -0.2) is 9.97 Å². The molecule has 6 heteroatoms. The molecule has 0 unspecified atom stereocenters. The van der Waals surface area contributed by atoms with Gasteiger partial charge in [0.2, 0.25) is 5.28 Å². The first kappa shape index (κ1) is 13.6. The Kier molecular flexibility index (Phi) is 4.94. The molecule has 2 aromatic rings. The lowest BCUT2D eigenvalue weighted by Gasteiger charge is -2.07. The smallest absolute Gasteiger partial charge is 0.222 e. The van der Waals surface area contributed by atoms with E-state index in [1.54, 1.807) is 19.2 Å². The lowest BCUT2D eigenvalue weighted by Crippen LogP contribution is -2.03. The Morgan fingerprint density at radius 2 is 1.58 bits per heavy atom. The summed E-state index contributed by atoms with van der Waals surface area (Å²) in [7, 11) is 1.63. The Morgan fingerprint density at radius 1 is 0.947 bits per heavy atom. The van der Waals surface area contributed by atoms with Gasteiger partial charge >= 0.3 is 0 Å². The zero-order chi connectivity index (χ0) is 13.5. The van der Waals surface area contributed by atoms with E-state index in [0.29, 0.717) is 24.7 Å². The maximum absolute atomic E-state index is 5.59. The van der Waals surface area contributed by atoms with Gasteiger partial charge < -0.3 is 14.2 Å². The molecule has 0 radical (unpaired) electrons. The average Bonchev–Trinajstić information content (AvgIpc) is 2.44. The summed E-state index contributed by atoms with van der Waals surface area (Å²) in [6.45, 7) is 1.07. The lowest BCUT2D eigenvalue weighted by atomic mass is 10.3. The van der Waals surface area contributed by atoms with Gasteiger partial charge in [0.05, 0.1) is 19.0 Å². The molecule has 0 spiro atoms. The number of halogens is 1. The molecule has 0 saturated carbocycles. The standard InChI is InChI=1S/C13H13ClN2O3/c1-17-6-7-18-10-2-4-11(5-3-10)19-12-8-15-13(14)16-9-12/h2-5,8-9H,6-7H2,1H3. The van der Waals surface area contributed by atoms with Crippen LogP contribution in [0.1, 0.15) is 0 Å². The highest BCUT2D eigenvalue weighted by molar-refractivity contribution is 6.28. The Balaban J connectivity index is 1.92. The van der Waals surface area contributed by atoms with Crippen molar-refractivity contribution in [3.63, 3.8) is 0 Å². The minimum Gasteiger partial charge on any atom is -0.491 e. The molecule has 0 atom stereocenters. The zero-order valence-electron chi connectivity index (χ0n) is 10.4. The van der Waals surface area contributed by atoms with Crippen molar-refractivity contribution in [1.82, 2.24) is 9.97 Å². The van der Waals surface area contributed by atoms with Crippen LogP contribution in [-0.4, -0.2) is 30.3 Å². The van der Waals surface area contributed by atoms with Gasteiger partial charge in [0.15, 0.2) is 5.75 Å². The SMILES string of the molecule is COCCOc1ccc(Oc2cnc(Cl)nc2)cc1. The molecule has 0 bridgehead atoms. The Bertz CT molecular complexity index is 502. The Labute approximate surface area is 116 Å². The van der Waals surface area contributed by atoms with E-state index in [2.05, 4.69) is 9.97 Å². The van der Waals surface area contributed by atoms with Crippen molar-refractivity contribution in [2.24, 2.45) is 0 Å². The molecule has 0 saturated heterocycles. The highest BCUT2D eigenvalue weighted by Crippen LogP contribution is 2.23. The second-order valence-electron chi connectivity index (χ2n) is 3.60. The monoisotopic (exact) mass is 280 g/mol. The topological polar surface area (TPSA) is 53.5 Å². The predicted octanol–water partition coefficient (Wildman–Crippen LogP) is 2.95. The number of hydrogen-bond donors (Lipinski definition) is 0. The third-order valence-electron chi connectivity index (χ3n) is 2.21. The number of hydrogen-bond acceptors (Lipinski definition) is 5. The van der Waals surface area contributed by atoms with Crippen molar-refractivity contribution in [3.8, 4) is 17.2 Å². The largest absolute Gasteiger partial charge is 0.491 e. The molecule has 0 fully saturated rings. The molecule has 1 aromatic heterocycles. The molecular weight excluding hydrogens is 268 g/mol. The van der Waals surface area contributed by atoms with Crippen LogP contribution in [0, 0.1) is 0 Å². The third-order valence-corrected chi connectivity index (χ3v) is 2.41. The molecule has 5 nitrogen and oxygen atoms in total. The number of aromatic nitrogens is 2. The third kappa shape index (κ3) is 4.39. The highest BCUT2D eigenvalue weighted by Gasteiger charge is 2.00. The first-order chi connectivity index (χ1) is 9.28. The van der Waals surface area contributed by atoms with Crippen molar-refractivity contribution < 1.29 is 14.2 Å². The van der Waals surface area contributed by atoms with Gasteiger partial charge in [0, 0.05) is 7.11 Å². The summed E-state index contributed by atoms with van der Waals surface area (Å²) < 4.78 is 15.9. The molecule has 0 N–H and O–H groups in total. The predicted molar refractivity (Wildman–Crippen MR) is 70.9 cm³/mol. The normalized spacial score (nSPS) is 10.2. The average molecular weight is 281 g/mol. The van der Waals surface area contributed by atoms with Crippen molar-refractivity contribution in [1.29, 1.82) is 0 Å². The van der Waals surface area contributed by atoms with Crippen LogP contribution in [0.2, 0.25) is 5.28 Å². The Hall–Kier alpha value is -1.85. The van der Waals surface area contributed by atoms with Crippen molar-refractivity contribution in [2.75, 3.05) is 20.3 Å². The minimum atomic E-state index is 0.189. The molecule has 2 rings (SSSR count). The maximum Gasteiger partial charge on any atom is 0.222 e. The number of methoxy groups -OCH3 is 1. The second-order valence-corrected chi connectivity index (χ2v) is 3.94. The van der Waals surface area contributed by atoms with Crippen LogP contribution in [0.15, 0.2) is 36.7 Å². The first-order valence-electron chi connectivity index (χ1n) is 5.65. The molecule has 19 heavy (non-hydrogen) atoms. The molecule has 1 heterocycles. The maximum atomic E-state index is 5.59. The van der Waals surface area contributed by atoms with E-state index < -0.39 is 0 Å². The summed E-state index contributed by atoms with van der Waals surface area (Å²) >= 11 is 5.59. The van der Waals surface area contributed by atoms with Gasteiger partial charge in [0.1, 0.15) is 18.1 Å². The molecule has 0 aliphatic carbocycles. The molecule has 1 aromatic carbocycles. The second kappa shape index (κ2) is 6.92. The number of benzene rings is 1. The first-order valence-corrected chi connectivity index (χ1v) is 6.03. The van der Waals surface area contributed by atoms with E-state index >= 15 is 0 Å². The molecule has 0 amide bonds. The molecule has 0 aliphatic rings. The fourth-order valence-corrected chi connectivity index (χ4v) is 1.43. The van der Waals surface area contributed by atoms with Crippen molar-refractivity contribution >= 4 is 11.6 Å². The summed E-state index contributed by atoms with van der Waals surface area (Å²) in [5.41, 5.74) is 0. The minimum absolute atomic E-state index is 0.189. The van der Waals surface area contributed by atoms with Crippen LogP contribution >= 0.6 is 11.6 Å². The van der Waals surface area contributed by atoms with Crippen LogP contribution in [0.4, 0.5) is 0 Å². The van der Waals surface area contributed by atoms with Crippen LogP contribution in [0.3, 0.4) is 0 Å². The molecular formula is C13H13ClN2O3. The van der Waals surface area contributed by atoms with Crippen LogP contribution < -0.4 is 9.47 Å². The summed E-state index contributed by atoms with van der Waals surface area (Å²) in [5.74, 6) is 1.96. The van der Waals surface area contributed by atoms with Crippen LogP contribution in [0.5, 0.6) is 17.2 Å². The van der Waals surface area contributed by atoms with Gasteiger partial charge in [-0.2, -0.15) is 0 Å². The van der Waals surface area contributed by atoms with Gasteiger partial charge in [-0.1, -0.05) is 0 Å². The zero-order valence-corrected chi connectivity index (χ0v) is 11.1. The summed E-state index contributed by atoms with van der Waals surface area (Å²) in [6.07, 6.45) is 3.02. The van der Waals surface area contributed by atoms with Gasteiger partial charge in [-0.15, -0.1) is 0 Å². The van der Waals surface area contributed by atoms with Crippen LogP contribution in [0.25, 0.3) is 0 Å². The van der Waals surface area contributed by atoms with Crippen LogP contribution in [-0.2, 0) is 4.74 Å². The molecule has 100 valence electrons. The Morgan fingerprint density at radius 3 is 2.21 bits per heavy atom. The number of ether oxygens (including phenoxy) is 3. The van der Waals surface area contributed by atoms with Crippen molar-refractivity contribution in [3.05, 3.63) is 41.9 Å². The van der Waals surface area contributed by atoms with Crippen molar-refractivity contribution in [2.45, 2.75) is 0 Å².